The molecule has 6 heteroatoms. The first-order valence-electron chi connectivity index (χ1n) is 7.95. The average Bonchev–Trinajstić information content (AvgIpc) is 2.64. The van der Waals surface area contributed by atoms with E-state index < -0.39 is 0 Å². The third-order valence-electron chi connectivity index (χ3n) is 3.78. The van der Waals surface area contributed by atoms with E-state index in [9.17, 15) is 4.79 Å². The lowest BCUT2D eigenvalue weighted by molar-refractivity contribution is 0.0342. The molecule has 0 unspecified atom stereocenters. The second-order valence-electron chi connectivity index (χ2n) is 5.54. The fraction of sp³-hybridized carbons (Fsp3) is 0.278. The molecule has 0 spiro atoms. The van der Waals surface area contributed by atoms with E-state index in [1.54, 1.807) is 6.20 Å². The van der Waals surface area contributed by atoms with Gasteiger partial charge in [0.2, 0.25) is 0 Å². The molecule has 1 N–H and O–H groups in total. The lowest BCUT2D eigenvalue weighted by Gasteiger charge is -2.26. The van der Waals surface area contributed by atoms with Crippen molar-refractivity contribution >= 4 is 12.1 Å². The molecule has 1 aromatic heterocycles. The Morgan fingerprint density at radius 2 is 2.00 bits per heavy atom. The molecule has 0 saturated carbocycles. The topological polar surface area (TPSA) is 66.8 Å². The lowest BCUT2D eigenvalue weighted by atomic mass is 10.1. The molecule has 1 amide bonds. The SMILES string of the molecule is O=C(NN=Cc1ccccn1)c1ccc(CN2CCOCC2)cc1. The standard InChI is InChI=1S/C18H20N4O2/c23-18(21-20-13-17-3-1-2-8-19-17)16-6-4-15(5-7-16)14-22-9-11-24-12-10-22/h1-8,13H,9-12,14H2,(H,21,23). The van der Waals surface area contributed by atoms with Crippen LogP contribution in [0.3, 0.4) is 0 Å². The summed E-state index contributed by atoms with van der Waals surface area (Å²) in [5.41, 5.74) is 4.97. The van der Waals surface area contributed by atoms with Crippen LogP contribution in [0.15, 0.2) is 53.8 Å². The van der Waals surface area contributed by atoms with Crippen molar-refractivity contribution in [2.24, 2.45) is 5.10 Å². The van der Waals surface area contributed by atoms with Crippen molar-refractivity contribution in [2.75, 3.05) is 26.3 Å². The van der Waals surface area contributed by atoms with Gasteiger partial charge in [0.1, 0.15) is 0 Å². The first kappa shape index (κ1) is 16.3. The average molecular weight is 324 g/mol. The number of hydrazone groups is 1. The zero-order chi connectivity index (χ0) is 16.6. The van der Waals surface area contributed by atoms with E-state index in [2.05, 4.69) is 20.4 Å². The first-order valence-corrected chi connectivity index (χ1v) is 7.95. The highest BCUT2D eigenvalue weighted by molar-refractivity contribution is 5.94. The number of rotatable bonds is 5. The molecule has 0 aliphatic carbocycles. The Balaban J connectivity index is 1.52. The Labute approximate surface area is 141 Å². The highest BCUT2D eigenvalue weighted by Crippen LogP contribution is 2.09. The van der Waals surface area contributed by atoms with E-state index in [-0.39, 0.29) is 5.91 Å². The summed E-state index contributed by atoms with van der Waals surface area (Å²) in [6.07, 6.45) is 3.20. The number of morpholine rings is 1. The fourth-order valence-corrected chi connectivity index (χ4v) is 2.45. The summed E-state index contributed by atoms with van der Waals surface area (Å²) in [5, 5.41) is 3.92. The summed E-state index contributed by atoms with van der Waals surface area (Å²) in [4.78, 5) is 18.5. The molecule has 6 nitrogen and oxygen atoms in total. The zero-order valence-corrected chi connectivity index (χ0v) is 13.4. The lowest BCUT2D eigenvalue weighted by Crippen LogP contribution is -2.35. The van der Waals surface area contributed by atoms with Crippen LogP contribution < -0.4 is 5.43 Å². The molecular formula is C18H20N4O2. The van der Waals surface area contributed by atoms with E-state index in [1.807, 2.05) is 42.5 Å². The number of benzene rings is 1. The second kappa shape index (κ2) is 8.33. The number of aromatic nitrogens is 1. The number of amides is 1. The summed E-state index contributed by atoms with van der Waals surface area (Å²) < 4.78 is 5.35. The third kappa shape index (κ3) is 4.71. The molecule has 0 radical (unpaired) electrons. The molecule has 1 aliphatic heterocycles. The van der Waals surface area contributed by atoms with Gasteiger partial charge in [-0.25, -0.2) is 5.43 Å². The summed E-state index contributed by atoms with van der Waals surface area (Å²) >= 11 is 0. The molecule has 2 heterocycles. The summed E-state index contributed by atoms with van der Waals surface area (Å²) in [6, 6.07) is 13.1. The van der Waals surface area contributed by atoms with Crippen LogP contribution in [0.25, 0.3) is 0 Å². The van der Waals surface area contributed by atoms with E-state index in [4.69, 9.17) is 4.74 Å². The van der Waals surface area contributed by atoms with Gasteiger partial charge in [-0.05, 0) is 29.8 Å². The van der Waals surface area contributed by atoms with Gasteiger partial charge in [-0.2, -0.15) is 5.10 Å². The molecular weight excluding hydrogens is 304 g/mol. The Morgan fingerprint density at radius 1 is 1.21 bits per heavy atom. The molecule has 0 bridgehead atoms. The molecule has 3 rings (SSSR count). The zero-order valence-electron chi connectivity index (χ0n) is 13.4. The van der Waals surface area contributed by atoms with Gasteiger partial charge in [0, 0.05) is 31.4 Å². The fourth-order valence-electron chi connectivity index (χ4n) is 2.45. The number of ether oxygens (including phenoxy) is 1. The van der Waals surface area contributed by atoms with Gasteiger partial charge in [-0.3, -0.25) is 14.7 Å². The quantitative estimate of drug-likeness (QED) is 0.671. The van der Waals surface area contributed by atoms with Crippen molar-refractivity contribution < 1.29 is 9.53 Å². The summed E-state index contributed by atoms with van der Waals surface area (Å²) in [6.45, 7) is 4.35. The minimum absolute atomic E-state index is 0.236. The van der Waals surface area contributed by atoms with Crippen molar-refractivity contribution in [3.63, 3.8) is 0 Å². The van der Waals surface area contributed by atoms with E-state index >= 15 is 0 Å². The Morgan fingerprint density at radius 3 is 2.71 bits per heavy atom. The number of pyridine rings is 1. The molecule has 1 aromatic carbocycles. The number of hydrogen-bond acceptors (Lipinski definition) is 5. The van der Waals surface area contributed by atoms with E-state index in [0.29, 0.717) is 11.3 Å². The third-order valence-corrected chi connectivity index (χ3v) is 3.78. The van der Waals surface area contributed by atoms with Crippen molar-refractivity contribution in [3.8, 4) is 0 Å². The maximum Gasteiger partial charge on any atom is 0.271 e. The maximum absolute atomic E-state index is 12.1. The molecule has 1 fully saturated rings. The maximum atomic E-state index is 12.1. The number of carbonyl (C=O) groups excluding carboxylic acids is 1. The molecule has 1 aliphatic rings. The summed E-state index contributed by atoms with van der Waals surface area (Å²) in [7, 11) is 0. The molecule has 2 aromatic rings. The highest BCUT2D eigenvalue weighted by atomic mass is 16.5. The van der Waals surface area contributed by atoms with Gasteiger partial charge in [0.15, 0.2) is 0 Å². The van der Waals surface area contributed by atoms with Crippen LogP contribution in [0.4, 0.5) is 0 Å². The smallest absolute Gasteiger partial charge is 0.271 e. The predicted molar refractivity (Wildman–Crippen MR) is 91.8 cm³/mol. The monoisotopic (exact) mass is 324 g/mol. The molecule has 24 heavy (non-hydrogen) atoms. The Hall–Kier alpha value is -2.57. The first-order chi connectivity index (χ1) is 11.8. The molecule has 124 valence electrons. The van der Waals surface area contributed by atoms with Gasteiger partial charge >= 0.3 is 0 Å². The Bertz CT molecular complexity index is 680. The largest absolute Gasteiger partial charge is 0.379 e. The minimum Gasteiger partial charge on any atom is -0.379 e. The van der Waals surface area contributed by atoms with Gasteiger partial charge in [-0.1, -0.05) is 18.2 Å². The number of nitrogens with zero attached hydrogens (tertiary/aromatic N) is 3. The summed E-state index contributed by atoms with van der Waals surface area (Å²) in [5.74, 6) is -0.236. The number of carbonyl (C=O) groups is 1. The van der Waals surface area contributed by atoms with Crippen molar-refractivity contribution in [2.45, 2.75) is 6.54 Å². The highest BCUT2D eigenvalue weighted by Gasteiger charge is 2.11. The minimum atomic E-state index is -0.236. The van der Waals surface area contributed by atoms with Crippen LogP contribution in [0.2, 0.25) is 0 Å². The van der Waals surface area contributed by atoms with E-state index in [0.717, 1.165) is 32.8 Å². The van der Waals surface area contributed by atoms with Crippen LogP contribution in [-0.2, 0) is 11.3 Å². The Kier molecular flexibility index (Phi) is 5.65. The van der Waals surface area contributed by atoms with Gasteiger partial charge in [-0.15, -0.1) is 0 Å². The molecule has 0 atom stereocenters. The van der Waals surface area contributed by atoms with Crippen LogP contribution in [0.5, 0.6) is 0 Å². The van der Waals surface area contributed by atoms with Crippen LogP contribution in [0.1, 0.15) is 21.6 Å². The second-order valence-corrected chi connectivity index (χ2v) is 5.54. The van der Waals surface area contributed by atoms with Crippen molar-refractivity contribution in [3.05, 3.63) is 65.5 Å². The van der Waals surface area contributed by atoms with Crippen molar-refractivity contribution in [1.29, 1.82) is 0 Å². The predicted octanol–water partition coefficient (Wildman–Crippen LogP) is 1.68. The van der Waals surface area contributed by atoms with Gasteiger partial charge in [0.05, 0.1) is 25.1 Å². The molecule has 1 saturated heterocycles. The van der Waals surface area contributed by atoms with Crippen LogP contribution >= 0.6 is 0 Å². The normalized spacial score (nSPS) is 15.5. The van der Waals surface area contributed by atoms with Crippen LogP contribution in [-0.4, -0.2) is 48.3 Å². The van der Waals surface area contributed by atoms with Crippen molar-refractivity contribution in [1.82, 2.24) is 15.3 Å². The van der Waals surface area contributed by atoms with Gasteiger partial charge in [0.25, 0.3) is 5.91 Å². The van der Waals surface area contributed by atoms with Gasteiger partial charge < -0.3 is 4.74 Å². The number of hydrogen-bond donors (Lipinski definition) is 1. The van der Waals surface area contributed by atoms with E-state index in [1.165, 1.54) is 11.8 Å². The number of nitrogens with one attached hydrogen (secondary N) is 1. The van der Waals surface area contributed by atoms with Crippen LogP contribution in [0, 0.1) is 0 Å².